The van der Waals surface area contributed by atoms with Crippen LogP contribution in [0.4, 0.5) is 5.13 Å². The minimum absolute atomic E-state index is 0.613. The third kappa shape index (κ3) is 3.20. The lowest BCUT2D eigenvalue weighted by Crippen LogP contribution is -2.35. The lowest BCUT2D eigenvalue weighted by molar-refractivity contribution is 0.567. The van der Waals surface area contributed by atoms with Gasteiger partial charge in [-0.05, 0) is 26.7 Å². The molecular weight excluding hydrogens is 284 g/mol. The number of hydrogen-bond acceptors (Lipinski definition) is 3. The molecule has 1 aromatic heterocycles. The first-order valence-corrected chi connectivity index (χ1v) is 7.84. The van der Waals surface area contributed by atoms with E-state index < -0.39 is 0 Å². The number of aromatic nitrogens is 1. The first kappa shape index (κ1) is 14.0. The lowest BCUT2D eigenvalue weighted by Gasteiger charge is -2.29. The largest absolute Gasteiger partial charge is 0.344 e. The summed E-state index contributed by atoms with van der Waals surface area (Å²) in [5.74, 6) is 0. The van der Waals surface area contributed by atoms with Crippen LogP contribution in [0.25, 0.3) is 0 Å². The molecule has 0 aliphatic rings. The minimum Gasteiger partial charge on any atom is -0.344 e. The van der Waals surface area contributed by atoms with E-state index in [2.05, 4.69) is 53.5 Å². The quantitative estimate of drug-likeness (QED) is 0.734. The third-order valence-electron chi connectivity index (χ3n) is 2.97. The third-order valence-corrected chi connectivity index (χ3v) is 4.44. The number of aryl methyl sites for hydroxylation is 2. The maximum atomic E-state index is 4.67. The highest BCUT2D eigenvalue weighted by atomic mass is 79.9. The average molecular weight is 305 g/mol. The average Bonchev–Trinajstić information content (AvgIpc) is 2.59. The van der Waals surface area contributed by atoms with Crippen molar-refractivity contribution < 1.29 is 0 Å². The van der Waals surface area contributed by atoms with Crippen LogP contribution < -0.4 is 4.90 Å². The molecule has 0 saturated carbocycles. The maximum Gasteiger partial charge on any atom is 0.186 e. The number of nitrogens with zero attached hydrogens (tertiary/aromatic N) is 2. The standard InChI is InChI=1S/C12H21BrN2S/c1-5-11(6-2)15(8-7-13)12-14-9(3)10(4)16-12/h11H,5-8H2,1-4H3. The first-order chi connectivity index (χ1) is 7.63. The van der Waals surface area contributed by atoms with E-state index in [9.17, 15) is 0 Å². The van der Waals surface area contributed by atoms with Crippen LogP contribution in [-0.2, 0) is 0 Å². The van der Waals surface area contributed by atoms with Gasteiger partial charge in [-0.1, -0.05) is 29.8 Å². The molecule has 0 aliphatic heterocycles. The van der Waals surface area contributed by atoms with Crippen LogP contribution in [0, 0.1) is 13.8 Å². The van der Waals surface area contributed by atoms with Crippen molar-refractivity contribution in [1.29, 1.82) is 0 Å². The molecule has 0 amide bonds. The summed E-state index contributed by atoms with van der Waals surface area (Å²) in [4.78, 5) is 8.45. The van der Waals surface area contributed by atoms with Crippen LogP contribution in [0.15, 0.2) is 0 Å². The fourth-order valence-electron chi connectivity index (χ4n) is 1.83. The monoisotopic (exact) mass is 304 g/mol. The Bertz CT molecular complexity index is 301. The van der Waals surface area contributed by atoms with Crippen molar-refractivity contribution in [2.24, 2.45) is 0 Å². The van der Waals surface area contributed by atoms with Crippen molar-refractivity contribution >= 4 is 32.4 Å². The van der Waals surface area contributed by atoms with E-state index in [0.717, 1.165) is 11.9 Å². The van der Waals surface area contributed by atoms with Gasteiger partial charge in [-0.25, -0.2) is 4.98 Å². The van der Waals surface area contributed by atoms with Gasteiger partial charge in [0, 0.05) is 22.8 Å². The molecule has 1 heterocycles. The highest BCUT2D eigenvalue weighted by molar-refractivity contribution is 9.09. The molecule has 0 aliphatic carbocycles. The Morgan fingerprint density at radius 2 is 1.94 bits per heavy atom. The second-order valence-corrected chi connectivity index (χ2v) is 5.97. The number of rotatable bonds is 6. The summed E-state index contributed by atoms with van der Waals surface area (Å²) in [6.45, 7) is 9.79. The molecule has 0 saturated heterocycles. The summed E-state index contributed by atoms with van der Waals surface area (Å²) in [6, 6.07) is 0.613. The number of thiazole rings is 1. The Kier molecular flexibility index (Phi) is 5.76. The van der Waals surface area contributed by atoms with E-state index in [1.165, 1.54) is 28.5 Å². The van der Waals surface area contributed by atoms with Gasteiger partial charge in [-0.2, -0.15) is 0 Å². The Morgan fingerprint density at radius 3 is 2.31 bits per heavy atom. The highest BCUT2D eigenvalue weighted by Gasteiger charge is 2.18. The molecule has 1 aromatic rings. The van der Waals surface area contributed by atoms with Crippen molar-refractivity contribution in [3.8, 4) is 0 Å². The molecule has 0 N–H and O–H groups in total. The minimum atomic E-state index is 0.613. The van der Waals surface area contributed by atoms with Gasteiger partial charge in [-0.3, -0.25) is 0 Å². The van der Waals surface area contributed by atoms with Gasteiger partial charge in [0.2, 0.25) is 0 Å². The zero-order valence-corrected chi connectivity index (χ0v) is 13.0. The number of anilines is 1. The maximum absolute atomic E-state index is 4.67. The second-order valence-electron chi connectivity index (χ2n) is 3.99. The van der Waals surface area contributed by atoms with Crippen molar-refractivity contribution in [1.82, 2.24) is 4.98 Å². The van der Waals surface area contributed by atoms with Crippen LogP contribution >= 0.6 is 27.3 Å². The molecule has 0 aromatic carbocycles. The van der Waals surface area contributed by atoms with Crippen LogP contribution in [0.3, 0.4) is 0 Å². The van der Waals surface area contributed by atoms with Gasteiger partial charge in [0.1, 0.15) is 0 Å². The SMILES string of the molecule is CCC(CC)N(CCBr)c1nc(C)c(C)s1. The van der Waals surface area contributed by atoms with Crippen molar-refractivity contribution in [3.63, 3.8) is 0 Å². The Labute approximate surface area is 111 Å². The summed E-state index contributed by atoms with van der Waals surface area (Å²) >= 11 is 5.35. The van der Waals surface area contributed by atoms with E-state index in [-0.39, 0.29) is 0 Å². The normalized spacial score (nSPS) is 11.1. The summed E-state index contributed by atoms with van der Waals surface area (Å²) in [5, 5.41) is 2.18. The molecule has 1 rings (SSSR count). The number of hydrogen-bond donors (Lipinski definition) is 0. The summed E-state index contributed by atoms with van der Waals surface area (Å²) in [7, 11) is 0. The van der Waals surface area contributed by atoms with Gasteiger partial charge in [-0.15, -0.1) is 11.3 Å². The number of halogens is 1. The van der Waals surface area contributed by atoms with Crippen LogP contribution in [0.2, 0.25) is 0 Å². The van der Waals surface area contributed by atoms with Gasteiger partial charge in [0.05, 0.1) is 5.69 Å². The van der Waals surface area contributed by atoms with Gasteiger partial charge < -0.3 is 4.90 Å². The summed E-state index contributed by atoms with van der Waals surface area (Å²) in [5.41, 5.74) is 1.17. The Morgan fingerprint density at radius 1 is 1.31 bits per heavy atom. The molecule has 2 nitrogen and oxygen atoms in total. The predicted molar refractivity (Wildman–Crippen MR) is 77.1 cm³/mol. The molecule has 4 heteroatoms. The number of alkyl halides is 1. The molecule has 0 atom stereocenters. The predicted octanol–water partition coefficient (Wildman–Crippen LogP) is 4.15. The van der Waals surface area contributed by atoms with E-state index >= 15 is 0 Å². The molecule has 92 valence electrons. The molecule has 0 radical (unpaired) electrons. The molecular formula is C12H21BrN2S. The van der Waals surface area contributed by atoms with E-state index in [0.29, 0.717) is 6.04 Å². The summed E-state index contributed by atoms with van der Waals surface area (Å²) < 4.78 is 0. The highest BCUT2D eigenvalue weighted by Crippen LogP contribution is 2.28. The topological polar surface area (TPSA) is 16.1 Å². The van der Waals surface area contributed by atoms with Gasteiger partial charge in [0.15, 0.2) is 5.13 Å². The van der Waals surface area contributed by atoms with E-state index in [4.69, 9.17) is 0 Å². The van der Waals surface area contributed by atoms with Crippen molar-refractivity contribution in [2.75, 3.05) is 16.8 Å². The zero-order chi connectivity index (χ0) is 12.1. The fourth-order valence-corrected chi connectivity index (χ4v) is 3.22. The van der Waals surface area contributed by atoms with Crippen molar-refractivity contribution in [2.45, 2.75) is 46.6 Å². The van der Waals surface area contributed by atoms with Gasteiger partial charge in [0.25, 0.3) is 0 Å². The van der Waals surface area contributed by atoms with Crippen molar-refractivity contribution in [3.05, 3.63) is 10.6 Å². The van der Waals surface area contributed by atoms with Crippen LogP contribution in [0.5, 0.6) is 0 Å². The molecule has 0 bridgehead atoms. The van der Waals surface area contributed by atoms with E-state index in [1.54, 1.807) is 0 Å². The molecule has 0 spiro atoms. The van der Waals surface area contributed by atoms with Crippen LogP contribution in [-0.4, -0.2) is 22.9 Å². The van der Waals surface area contributed by atoms with Gasteiger partial charge >= 0.3 is 0 Å². The molecule has 16 heavy (non-hydrogen) atoms. The van der Waals surface area contributed by atoms with E-state index in [1.807, 2.05) is 11.3 Å². The lowest BCUT2D eigenvalue weighted by atomic mass is 10.1. The smallest absolute Gasteiger partial charge is 0.186 e. The van der Waals surface area contributed by atoms with Crippen LogP contribution in [0.1, 0.15) is 37.3 Å². The Hall–Kier alpha value is -0.0900. The first-order valence-electron chi connectivity index (χ1n) is 5.90. The second kappa shape index (κ2) is 6.60. The molecule has 0 unspecified atom stereocenters. The fraction of sp³-hybridized carbons (Fsp3) is 0.750. The molecule has 0 fully saturated rings. The summed E-state index contributed by atoms with van der Waals surface area (Å²) in [6.07, 6.45) is 2.36. The zero-order valence-electron chi connectivity index (χ0n) is 10.6. The Balaban J connectivity index is 2.91.